The van der Waals surface area contributed by atoms with Crippen LogP contribution in [-0.2, 0) is 16.3 Å². The lowest BCUT2D eigenvalue weighted by molar-refractivity contribution is 0.495. The number of nitrogens with one attached hydrogen (secondary N) is 1. The molecule has 1 aromatic heterocycles. The van der Waals surface area contributed by atoms with E-state index in [1.807, 2.05) is 18.2 Å². The SMILES string of the molecule is CC(CCc1ccco1)Nc1cccc(S(C)(=O)=O)c1. The van der Waals surface area contributed by atoms with Crippen molar-refractivity contribution in [1.29, 1.82) is 0 Å². The van der Waals surface area contributed by atoms with Crippen LogP contribution in [0.15, 0.2) is 52.0 Å². The second-order valence-corrected chi connectivity index (χ2v) is 6.98. The molecule has 5 heteroatoms. The zero-order chi connectivity index (χ0) is 14.6. The van der Waals surface area contributed by atoms with E-state index in [1.165, 1.54) is 6.26 Å². The smallest absolute Gasteiger partial charge is 0.175 e. The first kappa shape index (κ1) is 14.7. The Balaban J connectivity index is 1.95. The summed E-state index contributed by atoms with van der Waals surface area (Å²) in [5.74, 6) is 0.962. The van der Waals surface area contributed by atoms with Crippen LogP contribution >= 0.6 is 0 Å². The summed E-state index contributed by atoms with van der Waals surface area (Å²) >= 11 is 0. The predicted molar refractivity (Wildman–Crippen MR) is 79.7 cm³/mol. The van der Waals surface area contributed by atoms with Gasteiger partial charge >= 0.3 is 0 Å². The third-order valence-electron chi connectivity index (χ3n) is 3.08. The van der Waals surface area contributed by atoms with Crippen LogP contribution in [0.1, 0.15) is 19.1 Å². The summed E-state index contributed by atoms with van der Waals surface area (Å²) in [6.45, 7) is 2.07. The molecule has 1 aromatic carbocycles. The summed E-state index contributed by atoms with van der Waals surface area (Å²) in [4.78, 5) is 0.334. The molecule has 108 valence electrons. The predicted octanol–water partition coefficient (Wildman–Crippen LogP) is 3.12. The van der Waals surface area contributed by atoms with Gasteiger partial charge in [-0.2, -0.15) is 0 Å². The van der Waals surface area contributed by atoms with Crippen LogP contribution in [0.25, 0.3) is 0 Å². The number of hydrogen-bond acceptors (Lipinski definition) is 4. The van der Waals surface area contributed by atoms with E-state index < -0.39 is 9.84 Å². The van der Waals surface area contributed by atoms with Gasteiger partial charge in [-0.15, -0.1) is 0 Å². The van der Waals surface area contributed by atoms with Crippen molar-refractivity contribution in [3.8, 4) is 0 Å². The van der Waals surface area contributed by atoms with E-state index >= 15 is 0 Å². The quantitative estimate of drug-likeness (QED) is 0.889. The molecule has 0 aliphatic rings. The van der Waals surface area contributed by atoms with Crippen LogP contribution in [0.4, 0.5) is 5.69 Å². The Morgan fingerprint density at radius 2 is 2.05 bits per heavy atom. The van der Waals surface area contributed by atoms with Crippen molar-refractivity contribution in [2.45, 2.75) is 30.7 Å². The first-order valence-electron chi connectivity index (χ1n) is 6.54. The molecule has 2 rings (SSSR count). The number of aryl methyl sites for hydroxylation is 1. The minimum Gasteiger partial charge on any atom is -0.469 e. The molecule has 0 fully saturated rings. The average Bonchev–Trinajstić information content (AvgIpc) is 2.89. The van der Waals surface area contributed by atoms with Crippen LogP contribution < -0.4 is 5.32 Å². The number of furan rings is 1. The maximum absolute atomic E-state index is 11.5. The van der Waals surface area contributed by atoms with Gasteiger partial charge in [-0.1, -0.05) is 6.07 Å². The Morgan fingerprint density at radius 3 is 2.70 bits per heavy atom. The number of rotatable bonds is 6. The van der Waals surface area contributed by atoms with Crippen molar-refractivity contribution in [3.05, 3.63) is 48.4 Å². The first-order valence-corrected chi connectivity index (χ1v) is 8.43. The Kier molecular flexibility index (Phi) is 4.49. The van der Waals surface area contributed by atoms with Crippen molar-refractivity contribution < 1.29 is 12.8 Å². The maximum atomic E-state index is 11.5. The highest BCUT2D eigenvalue weighted by atomic mass is 32.2. The summed E-state index contributed by atoms with van der Waals surface area (Å²) in [6, 6.07) is 11.0. The third kappa shape index (κ3) is 4.13. The summed E-state index contributed by atoms with van der Waals surface area (Å²) in [5, 5.41) is 3.31. The van der Waals surface area contributed by atoms with Gasteiger partial charge in [-0.3, -0.25) is 0 Å². The normalized spacial score (nSPS) is 13.1. The first-order chi connectivity index (χ1) is 9.45. The maximum Gasteiger partial charge on any atom is 0.175 e. The molecule has 1 unspecified atom stereocenters. The van der Waals surface area contributed by atoms with E-state index in [-0.39, 0.29) is 6.04 Å². The molecule has 4 nitrogen and oxygen atoms in total. The highest BCUT2D eigenvalue weighted by Gasteiger charge is 2.09. The van der Waals surface area contributed by atoms with E-state index in [2.05, 4.69) is 12.2 Å². The number of anilines is 1. The molecule has 0 amide bonds. The number of sulfone groups is 1. The minimum absolute atomic E-state index is 0.231. The largest absolute Gasteiger partial charge is 0.469 e. The average molecular weight is 293 g/mol. The fourth-order valence-electron chi connectivity index (χ4n) is 1.99. The molecule has 1 N–H and O–H groups in total. The van der Waals surface area contributed by atoms with Gasteiger partial charge in [0.1, 0.15) is 5.76 Å². The fraction of sp³-hybridized carbons (Fsp3) is 0.333. The van der Waals surface area contributed by atoms with Crippen molar-refractivity contribution >= 4 is 15.5 Å². The van der Waals surface area contributed by atoms with E-state index in [9.17, 15) is 8.42 Å². The van der Waals surface area contributed by atoms with Crippen molar-refractivity contribution in [2.75, 3.05) is 11.6 Å². The van der Waals surface area contributed by atoms with Gasteiger partial charge < -0.3 is 9.73 Å². The monoisotopic (exact) mass is 293 g/mol. The van der Waals surface area contributed by atoms with E-state index in [1.54, 1.807) is 24.5 Å². The van der Waals surface area contributed by atoms with Crippen LogP contribution in [-0.4, -0.2) is 20.7 Å². The van der Waals surface area contributed by atoms with Gasteiger partial charge in [0.15, 0.2) is 9.84 Å². The summed E-state index contributed by atoms with van der Waals surface area (Å²) in [6.07, 6.45) is 4.65. The molecule has 0 saturated carbocycles. The molecule has 1 atom stereocenters. The number of hydrogen-bond donors (Lipinski definition) is 1. The fourth-order valence-corrected chi connectivity index (χ4v) is 2.65. The Bertz CT molecular complexity index is 648. The zero-order valence-electron chi connectivity index (χ0n) is 11.7. The second-order valence-electron chi connectivity index (χ2n) is 4.96. The molecule has 0 bridgehead atoms. The van der Waals surface area contributed by atoms with Gasteiger partial charge in [0, 0.05) is 24.4 Å². The zero-order valence-corrected chi connectivity index (χ0v) is 12.5. The molecule has 0 spiro atoms. The minimum atomic E-state index is -3.16. The van der Waals surface area contributed by atoms with Gasteiger partial charge in [0.05, 0.1) is 11.2 Å². The molecule has 20 heavy (non-hydrogen) atoms. The lowest BCUT2D eigenvalue weighted by Gasteiger charge is -2.15. The Hall–Kier alpha value is -1.75. The van der Waals surface area contributed by atoms with Crippen molar-refractivity contribution in [3.63, 3.8) is 0 Å². The standard InChI is InChI=1S/C15H19NO3S/c1-12(8-9-14-6-4-10-19-14)16-13-5-3-7-15(11-13)20(2,17)18/h3-7,10-12,16H,8-9H2,1-2H3. The Morgan fingerprint density at radius 1 is 1.25 bits per heavy atom. The van der Waals surface area contributed by atoms with E-state index in [4.69, 9.17) is 4.42 Å². The lowest BCUT2D eigenvalue weighted by atomic mass is 10.1. The van der Waals surface area contributed by atoms with Gasteiger partial charge in [-0.05, 0) is 43.7 Å². The van der Waals surface area contributed by atoms with Gasteiger partial charge in [-0.25, -0.2) is 8.42 Å². The molecular formula is C15H19NO3S. The topological polar surface area (TPSA) is 59.3 Å². The van der Waals surface area contributed by atoms with Crippen LogP contribution in [0.5, 0.6) is 0 Å². The van der Waals surface area contributed by atoms with Crippen LogP contribution in [0.3, 0.4) is 0 Å². The van der Waals surface area contributed by atoms with E-state index in [0.717, 1.165) is 24.3 Å². The Labute approximate surface area is 119 Å². The number of benzene rings is 1. The van der Waals surface area contributed by atoms with Crippen LogP contribution in [0.2, 0.25) is 0 Å². The van der Waals surface area contributed by atoms with Gasteiger partial charge in [0.2, 0.25) is 0 Å². The summed E-state index contributed by atoms with van der Waals surface area (Å²) < 4.78 is 28.3. The van der Waals surface area contributed by atoms with Gasteiger partial charge in [0.25, 0.3) is 0 Å². The third-order valence-corrected chi connectivity index (χ3v) is 4.19. The van der Waals surface area contributed by atoms with Crippen molar-refractivity contribution in [2.24, 2.45) is 0 Å². The molecule has 1 heterocycles. The molecule has 0 saturated heterocycles. The van der Waals surface area contributed by atoms with Crippen molar-refractivity contribution in [1.82, 2.24) is 0 Å². The molecule has 2 aromatic rings. The summed E-state index contributed by atoms with van der Waals surface area (Å²) in [5.41, 5.74) is 0.819. The molecule has 0 aliphatic carbocycles. The highest BCUT2D eigenvalue weighted by molar-refractivity contribution is 7.90. The highest BCUT2D eigenvalue weighted by Crippen LogP contribution is 2.17. The second kappa shape index (κ2) is 6.13. The molecular weight excluding hydrogens is 274 g/mol. The molecule has 0 aliphatic heterocycles. The molecule has 0 radical (unpaired) electrons. The van der Waals surface area contributed by atoms with Crippen LogP contribution in [0, 0.1) is 0 Å². The van der Waals surface area contributed by atoms with E-state index in [0.29, 0.717) is 4.90 Å². The lowest BCUT2D eigenvalue weighted by Crippen LogP contribution is -2.16. The summed E-state index contributed by atoms with van der Waals surface area (Å²) in [7, 11) is -3.16.